The molecular formula is C19H24ClFN2O2S. The van der Waals surface area contributed by atoms with Crippen molar-refractivity contribution in [2.24, 2.45) is 0 Å². The molecule has 0 aliphatic carbocycles. The number of pyridine rings is 1. The first kappa shape index (κ1) is 21.1. The average Bonchev–Trinajstić information content (AvgIpc) is 2.54. The van der Waals surface area contributed by atoms with Crippen LogP contribution < -0.4 is 4.72 Å². The lowest BCUT2D eigenvalue weighted by atomic mass is 9.89. The average molecular weight is 399 g/mol. The number of nitrogens with one attached hydrogen (secondary N) is 1. The van der Waals surface area contributed by atoms with Crippen LogP contribution >= 0.6 is 11.6 Å². The third kappa shape index (κ3) is 5.18. The number of nitrogens with zero attached hydrogens (tertiary/aromatic N) is 1. The van der Waals surface area contributed by atoms with Crippen LogP contribution in [0.2, 0.25) is 5.15 Å². The molecule has 0 aliphatic rings. The van der Waals surface area contributed by atoms with Crippen molar-refractivity contribution in [2.45, 2.75) is 44.4 Å². The summed E-state index contributed by atoms with van der Waals surface area (Å²) < 4.78 is 28.5. The first-order valence-electron chi connectivity index (χ1n) is 8.30. The number of aliphatic hydroxyl groups excluding tert-OH is 1. The molecule has 4 nitrogen and oxygen atoms in total. The number of rotatable bonds is 6. The van der Waals surface area contributed by atoms with E-state index in [4.69, 9.17) is 11.6 Å². The highest BCUT2D eigenvalue weighted by atomic mass is 35.5. The molecule has 2 atom stereocenters. The van der Waals surface area contributed by atoms with E-state index in [0.717, 1.165) is 11.1 Å². The Morgan fingerprint density at radius 3 is 2.35 bits per heavy atom. The third-order valence-electron chi connectivity index (χ3n) is 4.06. The highest BCUT2D eigenvalue weighted by Gasteiger charge is 2.37. The summed E-state index contributed by atoms with van der Waals surface area (Å²) >= 11 is 4.87. The van der Waals surface area contributed by atoms with E-state index in [2.05, 4.69) is 9.71 Å². The van der Waals surface area contributed by atoms with E-state index in [-0.39, 0.29) is 17.6 Å². The van der Waals surface area contributed by atoms with Crippen LogP contribution in [0.1, 0.15) is 39.7 Å². The summed E-state index contributed by atoms with van der Waals surface area (Å²) in [6, 6.07) is 9.48. The zero-order chi connectivity index (χ0) is 19.5. The summed E-state index contributed by atoms with van der Waals surface area (Å²) in [7, 11) is 0. The summed E-state index contributed by atoms with van der Waals surface area (Å²) in [5, 5.41) is 9.81. The monoisotopic (exact) mass is 398 g/mol. The van der Waals surface area contributed by atoms with Crippen molar-refractivity contribution >= 4 is 23.0 Å². The van der Waals surface area contributed by atoms with Crippen molar-refractivity contribution in [1.82, 2.24) is 9.71 Å². The Balaban J connectivity index is 2.46. The number of benzene rings is 1. The van der Waals surface area contributed by atoms with Crippen molar-refractivity contribution in [3.05, 3.63) is 52.9 Å². The topological polar surface area (TPSA) is 68.2 Å². The van der Waals surface area contributed by atoms with Crippen LogP contribution in [0.5, 0.6) is 0 Å². The summed E-state index contributed by atoms with van der Waals surface area (Å²) in [4.78, 5) is 4.31. The van der Waals surface area contributed by atoms with Crippen LogP contribution in [0.4, 0.5) is 4.39 Å². The maximum atomic E-state index is 13.2. The molecule has 0 bridgehead atoms. The Bertz CT molecular complexity index is 752. The quantitative estimate of drug-likeness (QED) is 0.565. The smallest absolute Gasteiger partial charge is 0.136 e. The molecule has 0 saturated carbocycles. The predicted octanol–water partition coefficient (Wildman–Crippen LogP) is 4.19. The van der Waals surface area contributed by atoms with Gasteiger partial charge in [-0.2, -0.15) is 0 Å². The second kappa shape index (κ2) is 8.23. The van der Waals surface area contributed by atoms with Gasteiger partial charge in [0, 0.05) is 23.5 Å². The second-order valence-electron chi connectivity index (χ2n) is 7.36. The van der Waals surface area contributed by atoms with Crippen LogP contribution in [0, 0.1) is 5.82 Å². The fourth-order valence-corrected chi connectivity index (χ4v) is 3.56. The number of halogens is 2. The molecule has 2 rings (SSSR count). The SMILES string of the molecule is CC(CCO)(N[S+]([O-])C(C)(C)C)c1cc(Cl)nc(-c2ccc(F)cc2)c1. The van der Waals surface area contributed by atoms with Crippen molar-refractivity contribution < 1.29 is 14.0 Å². The molecule has 142 valence electrons. The van der Waals surface area contributed by atoms with Gasteiger partial charge in [-0.15, -0.1) is 4.72 Å². The van der Waals surface area contributed by atoms with E-state index < -0.39 is 21.6 Å². The largest absolute Gasteiger partial charge is 0.598 e. The first-order chi connectivity index (χ1) is 12.0. The van der Waals surface area contributed by atoms with Crippen molar-refractivity contribution in [3.63, 3.8) is 0 Å². The standard InChI is InChI=1S/C19H24ClFN2O2S/c1-18(2,3)26(25)23-19(4,9-10-24)14-11-16(22-17(20)12-14)13-5-7-15(21)8-6-13/h5-8,11-12,23-24H,9-10H2,1-4H3. The lowest BCUT2D eigenvalue weighted by Crippen LogP contribution is -2.50. The number of hydrogen-bond donors (Lipinski definition) is 2. The Kier molecular flexibility index (Phi) is 6.69. The summed E-state index contributed by atoms with van der Waals surface area (Å²) in [6.45, 7) is 7.40. The van der Waals surface area contributed by atoms with E-state index in [1.807, 2.05) is 33.8 Å². The minimum Gasteiger partial charge on any atom is -0.598 e. The summed E-state index contributed by atoms with van der Waals surface area (Å²) in [6.07, 6.45) is 0.345. The van der Waals surface area contributed by atoms with Gasteiger partial charge in [0.1, 0.15) is 15.7 Å². The molecule has 0 radical (unpaired) electrons. The van der Waals surface area contributed by atoms with E-state index in [0.29, 0.717) is 12.1 Å². The van der Waals surface area contributed by atoms with E-state index in [1.165, 1.54) is 12.1 Å². The Morgan fingerprint density at radius 2 is 1.81 bits per heavy atom. The minimum atomic E-state index is -1.34. The molecule has 26 heavy (non-hydrogen) atoms. The number of aliphatic hydroxyl groups is 1. The molecule has 7 heteroatoms. The van der Waals surface area contributed by atoms with Crippen LogP contribution in [0.25, 0.3) is 11.3 Å². The van der Waals surface area contributed by atoms with Gasteiger partial charge in [0.25, 0.3) is 0 Å². The van der Waals surface area contributed by atoms with Crippen LogP contribution in [0.15, 0.2) is 36.4 Å². The number of aromatic nitrogens is 1. The molecule has 1 aromatic heterocycles. The van der Waals surface area contributed by atoms with Crippen LogP contribution in [-0.4, -0.2) is 26.0 Å². The molecule has 2 N–H and O–H groups in total. The predicted molar refractivity (Wildman–Crippen MR) is 105 cm³/mol. The maximum absolute atomic E-state index is 13.2. The second-order valence-corrected chi connectivity index (χ2v) is 9.71. The van der Waals surface area contributed by atoms with E-state index in [9.17, 15) is 14.0 Å². The third-order valence-corrected chi connectivity index (χ3v) is 6.00. The minimum absolute atomic E-state index is 0.0866. The molecule has 0 amide bonds. The molecule has 0 saturated heterocycles. The molecular weight excluding hydrogens is 375 g/mol. The lowest BCUT2D eigenvalue weighted by Gasteiger charge is -2.35. The van der Waals surface area contributed by atoms with Gasteiger partial charge in [-0.25, -0.2) is 9.37 Å². The molecule has 0 fully saturated rings. The summed E-state index contributed by atoms with van der Waals surface area (Å²) in [5.41, 5.74) is 1.29. The highest BCUT2D eigenvalue weighted by molar-refractivity contribution is 7.90. The fourth-order valence-electron chi connectivity index (χ4n) is 2.42. The molecule has 0 aliphatic heterocycles. The fraction of sp³-hybridized carbons (Fsp3) is 0.421. The molecule has 2 unspecified atom stereocenters. The van der Waals surface area contributed by atoms with Gasteiger partial charge in [-0.05, 0) is 76.1 Å². The highest BCUT2D eigenvalue weighted by Crippen LogP contribution is 2.32. The van der Waals surface area contributed by atoms with Gasteiger partial charge in [0.2, 0.25) is 0 Å². The summed E-state index contributed by atoms with van der Waals surface area (Å²) in [5.74, 6) is -0.330. The van der Waals surface area contributed by atoms with Gasteiger partial charge in [0.05, 0.1) is 11.2 Å². The van der Waals surface area contributed by atoms with Crippen LogP contribution in [0.3, 0.4) is 0 Å². The Labute approximate surface area is 162 Å². The first-order valence-corrected chi connectivity index (χ1v) is 9.82. The van der Waals surface area contributed by atoms with Gasteiger partial charge < -0.3 is 9.66 Å². The van der Waals surface area contributed by atoms with E-state index in [1.54, 1.807) is 18.2 Å². The Morgan fingerprint density at radius 1 is 1.19 bits per heavy atom. The van der Waals surface area contributed by atoms with Crippen molar-refractivity contribution in [3.8, 4) is 11.3 Å². The molecule has 0 spiro atoms. The van der Waals surface area contributed by atoms with E-state index >= 15 is 0 Å². The Hall–Kier alpha value is -1.18. The molecule has 1 aromatic carbocycles. The molecule has 1 heterocycles. The normalized spacial score (nSPS) is 15.5. The number of hydrogen-bond acceptors (Lipinski definition) is 4. The van der Waals surface area contributed by atoms with Crippen molar-refractivity contribution in [1.29, 1.82) is 0 Å². The lowest BCUT2D eigenvalue weighted by molar-refractivity contribution is 0.237. The van der Waals surface area contributed by atoms with Gasteiger partial charge >= 0.3 is 0 Å². The maximum Gasteiger partial charge on any atom is 0.136 e. The van der Waals surface area contributed by atoms with Gasteiger partial charge in [-0.1, -0.05) is 11.6 Å². The van der Waals surface area contributed by atoms with Crippen molar-refractivity contribution in [2.75, 3.05) is 6.61 Å². The zero-order valence-electron chi connectivity index (χ0n) is 15.3. The molecule has 2 aromatic rings. The van der Waals surface area contributed by atoms with Gasteiger partial charge in [0.15, 0.2) is 0 Å². The van der Waals surface area contributed by atoms with Gasteiger partial charge in [-0.3, -0.25) is 0 Å². The van der Waals surface area contributed by atoms with Crippen LogP contribution in [-0.2, 0) is 16.9 Å². The zero-order valence-corrected chi connectivity index (χ0v) is 16.9.